The van der Waals surface area contributed by atoms with Crippen molar-refractivity contribution in [1.82, 2.24) is 19.7 Å². The van der Waals surface area contributed by atoms with E-state index in [-0.39, 0.29) is 11.8 Å². The van der Waals surface area contributed by atoms with Crippen LogP contribution in [0.2, 0.25) is 0 Å². The summed E-state index contributed by atoms with van der Waals surface area (Å²) in [4.78, 5) is 20.3. The van der Waals surface area contributed by atoms with Crippen LogP contribution in [0.4, 0.5) is 5.69 Å². The minimum Gasteiger partial charge on any atom is -0.323 e. The molecule has 0 unspecified atom stereocenters. The molecule has 20 heavy (non-hydrogen) atoms. The van der Waals surface area contributed by atoms with Crippen LogP contribution in [0.3, 0.4) is 0 Å². The summed E-state index contributed by atoms with van der Waals surface area (Å²) in [5, 5.41) is 7.09. The molecule has 0 aliphatic heterocycles. The molecular weight excluding hydrogens is 254 g/mol. The molecule has 1 N–H and O–H groups in total. The number of nitrogens with zero attached hydrogens (tertiary/aromatic N) is 4. The van der Waals surface area contributed by atoms with Gasteiger partial charge in [0.05, 0.1) is 18.1 Å². The van der Waals surface area contributed by atoms with Gasteiger partial charge in [-0.15, -0.1) is 0 Å². The Morgan fingerprint density at radius 1 is 1.20 bits per heavy atom. The van der Waals surface area contributed by atoms with Gasteiger partial charge in [0, 0.05) is 18.3 Å². The average molecular weight is 271 g/mol. The molecule has 1 aliphatic carbocycles. The van der Waals surface area contributed by atoms with Crippen LogP contribution in [-0.2, 0) is 4.79 Å². The van der Waals surface area contributed by atoms with Crippen LogP contribution in [0, 0.1) is 5.92 Å². The molecule has 0 radical (unpaired) electrons. The molecule has 1 amide bonds. The number of nitrogens with one attached hydrogen (secondary N) is 1. The minimum atomic E-state index is 0.0956. The fraction of sp³-hybridized carbons (Fsp3) is 0.429. The zero-order valence-electron chi connectivity index (χ0n) is 11.2. The number of anilines is 1. The predicted octanol–water partition coefficient (Wildman–Crippen LogP) is 2.18. The van der Waals surface area contributed by atoms with Crippen LogP contribution in [0.5, 0.6) is 0 Å². The average Bonchev–Trinajstić information content (AvgIpc) is 2.97. The lowest BCUT2D eigenvalue weighted by Gasteiger charge is -2.20. The zero-order valence-corrected chi connectivity index (χ0v) is 11.2. The molecule has 2 heterocycles. The molecule has 6 nitrogen and oxygen atoms in total. The summed E-state index contributed by atoms with van der Waals surface area (Å²) >= 11 is 0. The normalized spacial score (nSPS) is 16.0. The number of rotatable bonds is 3. The van der Waals surface area contributed by atoms with Crippen LogP contribution in [-0.4, -0.2) is 25.7 Å². The second-order valence-corrected chi connectivity index (χ2v) is 5.05. The van der Waals surface area contributed by atoms with Crippen molar-refractivity contribution in [2.45, 2.75) is 32.1 Å². The van der Waals surface area contributed by atoms with Crippen LogP contribution in [0.15, 0.2) is 30.9 Å². The van der Waals surface area contributed by atoms with Crippen molar-refractivity contribution in [2.75, 3.05) is 5.32 Å². The monoisotopic (exact) mass is 271 g/mol. The van der Waals surface area contributed by atoms with Gasteiger partial charge in [0.2, 0.25) is 11.9 Å². The summed E-state index contributed by atoms with van der Waals surface area (Å²) in [6.45, 7) is 0. The fourth-order valence-electron chi connectivity index (χ4n) is 2.52. The largest absolute Gasteiger partial charge is 0.323 e. The Balaban J connectivity index is 1.66. The van der Waals surface area contributed by atoms with Crippen molar-refractivity contribution in [3.63, 3.8) is 0 Å². The molecule has 3 rings (SSSR count). The molecule has 0 bridgehead atoms. The third kappa shape index (κ3) is 2.84. The molecule has 1 saturated carbocycles. The molecule has 0 aromatic carbocycles. The van der Waals surface area contributed by atoms with E-state index in [1.165, 1.54) is 6.42 Å². The van der Waals surface area contributed by atoms with E-state index in [0.29, 0.717) is 11.6 Å². The lowest BCUT2D eigenvalue weighted by molar-refractivity contribution is -0.120. The van der Waals surface area contributed by atoms with Crippen LogP contribution >= 0.6 is 0 Å². The Kier molecular flexibility index (Phi) is 3.71. The van der Waals surface area contributed by atoms with Crippen molar-refractivity contribution in [3.05, 3.63) is 30.9 Å². The minimum absolute atomic E-state index is 0.0956. The van der Waals surface area contributed by atoms with Crippen LogP contribution < -0.4 is 5.32 Å². The first kappa shape index (κ1) is 12.8. The van der Waals surface area contributed by atoms with E-state index in [4.69, 9.17) is 0 Å². The SMILES string of the molecule is O=C(Nc1cnn(-c2ncccn2)c1)C1CCCCC1. The standard InChI is InChI=1S/C14H17N5O/c20-13(11-5-2-1-3-6-11)18-12-9-17-19(10-12)14-15-7-4-8-16-14/h4,7-11H,1-3,5-6H2,(H,18,20). The summed E-state index contributed by atoms with van der Waals surface area (Å²) < 4.78 is 1.55. The van der Waals surface area contributed by atoms with Crippen molar-refractivity contribution in [2.24, 2.45) is 5.92 Å². The van der Waals surface area contributed by atoms with Crippen molar-refractivity contribution in [1.29, 1.82) is 0 Å². The van der Waals surface area contributed by atoms with E-state index >= 15 is 0 Å². The number of hydrogen-bond acceptors (Lipinski definition) is 4. The van der Waals surface area contributed by atoms with Crippen molar-refractivity contribution in [3.8, 4) is 5.95 Å². The number of amides is 1. The number of carbonyl (C=O) groups excluding carboxylic acids is 1. The molecule has 2 aromatic heterocycles. The topological polar surface area (TPSA) is 72.7 Å². The first-order valence-electron chi connectivity index (χ1n) is 6.96. The molecule has 2 aromatic rings. The highest BCUT2D eigenvalue weighted by molar-refractivity contribution is 5.92. The molecule has 0 saturated heterocycles. The van der Waals surface area contributed by atoms with Gasteiger partial charge in [-0.25, -0.2) is 14.6 Å². The number of hydrogen-bond donors (Lipinski definition) is 1. The third-order valence-electron chi connectivity index (χ3n) is 3.58. The Morgan fingerprint density at radius 2 is 1.95 bits per heavy atom. The van der Waals surface area contributed by atoms with E-state index in [9.17, 15) is 4.79 Å². The van der Waals surface area contributed by atoms with E-state index in [1.807, 2.05) is 0 Å². The molecule has 6 heteroatoms. The maximum Gasteiger partial charge on any atom is 0.250 e. The van der Waals surface area contributed by atoms with Crippen LogP contribution in [0.25, 0.3) is 5.95 Å². The Labute approximate surface area is 117 Å². The number of aromatic nitrogens is 4. The first-order chi connectivity index (χ1) is 9.83. The summed E-state index contributed by atoms with van der Waals surface area (Å²) in [6, 6.07) is 1.75. The van der Waals surface area contributed by atoms with Gasteiger partial charge >= 0.3 is 0 Å². The van der Waals surface area contributed by atoms with E-state index < -0.39 is 0 Å². The fourth-order valence-corrected chi connectivity index (χ4v) is 2.52. The van der Waals surface area contributed by atoms with Gasteiger partial charge < -0.3 is 5.32 Å². The van der Waals surface area contributed by atoms with Gasteiger partial charge in [0.25, 0.3) is 0 Å². The Hall–Kier alpha value is -2.24. The Morgan fingerprint density at radius 3 is 2.70 bits per heavy atom. The van der Waals surface area contributed by atoms with Crippen LogP contribution in [0.1, 0.15) is 32.1 Å². The third-order valence-corrected chi connectivity index (χ3v) is 3.58. The van der Waals surface area contributed by atoms with E-state index in [2.05, 4.69) is 20.4 Å². The summed E-state index contributed by atoms with van der Waals surface area (Å²) in [5.74, 6) is 0.726. The molecule has 0 atom stereocenters. The lowest BCUT2D eigenvalue weighted by Crippen LogP contribution is -2.24. The Bertz CT molecular complexity index is 574. The highest BCUT2D eigenvalue weighted by Crippen LogP contribution is 2.24. The zero-order chi connectivity index (χ0) is 13.8. The van der Waals surface area contributed by atoms with Crippen molar-refractivity contribution >= 4 is 11.6 Å². The van der Waals surface area contributed by atoms with Gasteiger partial charge in [-0.3, -0.25) is 4.79 Å². The second kappa shape index (κ2) is 5.81. The van der Waals surface area contributed by atoms with E-state index in [1.54, 1.807) is 35.5 Å². The van der Waals surface area contributed by atoms with Gasteiger partial charge in [-0.2, -0.15) is 5.10 Å². The maximum absolute atomic E-state index is 12.1. The van der Waals surface area contributed by atoms with Gasteiger partial charge in [0.15, 0.2) is 0 Å². The molecular formula is C14H17N5O. The second-order valence-electron chi connectivity index (χ2n) is 5.05. The highest BCUT2D eigenvalue weighted by Gasteiger charge is 2.21. The summed E-state index contributed by atoms with van der Waals surface area (Å²) in [6.07, 6.45) is 12.2. The van der Waals surface area contributed by atoms with E-state index in [0.717, 1.165) is 25.7 Å². The highest BCUT2D eigenvalue weighted by atomic mass is 16.1. The van der Waals surface area contributed by atoms with Gasteiger partial charge in [-0.1, -0.05) is 19.3 Å². The summed E-state index contributed by atoms with van der Waals surface area (Å²) in [7, 11) is 0. The molecule has 0 spiro atoms. The molecule has 1 aliphatic rings. The molecule has 104 valence electrons. The molecule has 1 fully saturated rings. The quantitative estimate of drug-likeness (QED) is 0.928. The van der Waals surface area contributed by atoms with Crippen molar-refractivity contribution < 1.29 is 4.79 Å². The number of carbonyl (C=O) groups is 1. The smallest absolute Gasteiger partial charge is 0.250 e. The summed E-state index contributed by atoms with van der Waals surface area (Å²) in [5.41, 5.74) is 0.688. The van der Waals surface area contributed by atoms with Gasteiger partial charge in [-0.05, 0) is 18.9 Å². The lowest BCUT2D eigenvalue weighted by atomic mass is 9.89. The maximum atomic E-state index is 12.1. The first-order valence-corrected chi connectivity index (χ1v) is 6.96. The predicted molar refractivity (Wildman–Crippen MR) is 74.4 cm³/mol. The van der Waals surface area contributed by atoms with Gasteiger partial charge in [0.1, 0.15) is 0 Å².